The van der Waals surface area contributed by atoms with E-state index in [1.165, 1.54) is 0 Å². The van der Waals surface area contributed by atoms with Gasteiger partial charge in [-0.25, -0.2) is 0 Å². The number of hydrogen-bond acceptors (Lipinski definition) is 4. The molecule has 1 aliphatic heterocycles. The van der Waals surface area contributed by atoms with E-state index >= 15 is 0 Å². The Morgan fingerprint density at radius 3 is 2.75 bits per heavy atom. The van der Waals surface area contributed by atoms with Crippen molar-refractivity contribution in [2.45, 2.75) is 45.4 Å². The van der Waals surface area contributed by atoms with Gasteiger partial charge < -0.3 is 15.2 Å². The number of hydrogen-bond donors (Lipinski definition) is 2. The molecule has 1 fully saturated rings. The number of ether oxygens (including phenoxy) is 1. The summed E-state index contributed by atoms with van der Waals surface area (Å²) >= 11 is 0. The van der Waals surface area contributed by atoms with Crippen LogP contribution in [0.1, 0.15) is 27.7 Å². The Balaban J connectivity index is 2.46. The fourth-order valence-electron chi connectivity index (χ4n) is 2.51. The number of aliphatic hydroxyl groups excluding tert-OH is 1. The molecule has 0 saturated carbocycles. The van der Waals surface area contributed by atoms with Crippen molar-refractivity contribution in [2.24, 2.45) is 0 Å². The van der Waals surface area contributed by atoms with Crippen LogP contribution in [0.5, 0.6) is 0 Å². The van der Waals surface area contributed by atoms with E-state index in [1.807, 2.05) is 0 Å². The molecule has 1 rings (SSSR count). The van der Waals surface area contributed by atoms with Crippen molar-refractivity contribution in [2.75, 3.05) is 32.8 Å². The number of aliphatic hydroxyl groups is 1. The highest BCUT2D eigenvalue weighted by atomic mass is 16.5. The third-order valence-electron chi connectivity index (χ3n) is 2.83. The fourth-order valence-corrected chi connectivity index (χ4v) is 2.51. The van der Waals surface area contributed by atoms with Crippen LogP contribution in [0.25, 0.3) is 0 Å². The summed E-state index contributed by atoms with van der Waals surface area (Å²) in [4.78, 5) is 2.37. The lowest BCUT2D eigenvalue weighted by Crippen LogP contribution is -2.55. The summed E-state index contributed by atoms with van der Waals surface area (Å²) in [5.74, 6) is 0. The van der Waals surface area contributed by atoms with E-state index in [4.69, 9.17) is 4.74 Å². The second kappa shape index (κ2) is 5.96. The predicted molar refractivity (Wildman–Crippen MR) is 65.6 cm³/mol. The molecule has 0 bridgehead atoms. The van der Waals surface area contributed by atoms with Crippen molar-refractivity contribution in [1.82, 2.24) is 10.2 Å². The molecule has 0 amide bonds. The van der Waals surface area contributed by atoms with Crippen LogP contribution >= 0.6 is 0 Å². The Labute approximate surface area is 99.0 Å². The Kier molecular flexibility index (Phi) is 5.18. The molecule has 0 aromatic heterocycles. The Morgan fingerprint density at radius 2 is 2.25 bits per heavy atom. The van der Waals surface area contributed by atoms with Gasteiger partial charge in [0.15, 0.2) is 0 Å². The molecule has 4 nitrogen and oxygen atoms in total. The topological polar surface area (TPSA) is 44.7 Å². The summed E-state index contributed by atoms with van der Waals surface area (Å²) in [5.41, 5.74) is -0.0795. The summed E-state index contributed by atoms with van der Waals surface area (Å²) in [5, 5.41) is 12.6. The van der Waals surface area contributed by atoms with Crippen molar-refractivity contribution in [3.8, 4) is 0 Å². The summed E-state index contributed by atoms with van der Waals surface area (Å²) < 4.78 is 5.85. The molecule has 0 radical (unpaired) electrons. The molecule has 0 aromatic rings. The minimum atomic E-state index is -0.0795. The zero-order chi connectivity index (χ0) is 12.2. The number of likely N-dealkylation sites (N-methyl/N-ethyl adjacent to an activating group) is 1. The highest BCUT2D eigenvalue weighted by molar-refractivity contribution is 4.84. The summed E-state index contributed by atoms with van der Waals surface area (Å²) in [6, 6.07) is 0.172. The minimum absolute atomic E-state index is 0.0795. The smallest absolute Gasteiger partial charge is 0.0757 e. The number of rotatable bonds is 5. The second-order valence-corrected chi connectivity index (χ2v) is 5.32. The zero-order valence-electron chi connectivity index (χ0n) is 11.0. The fraction of sp³-hybridized carbons (Fsp3) is 1.00. The molecule has 2 N–H and O–H groups in total. The van der Waals surface area contributed by atoms with Gasteiger partial charge in [-0.2, -0.15) is 0 Å². The van der Waals surface area contributed by atoms with E-state index in [1.54, 1.807) is 0 Å². The van der Waals surface area contributed by atoms with Gasteiger partial charge in [-0.15, -0.1) is 0 Å². The molecule has 1 heterocycles. The van der Waals surface area contributed by atoms with Gasteiger partial charge >= 0.3 is 0 Å². The van der Waals surface area contributed by atoms with Gasteiger partial charge in [0.05, 0.1) is 18.3 Å². The normalized spacial score (nSPS) is 27.9. The Morgan fingerprint density at radius 1 is 1.56 bits per heavy atom. The number of morpholine rings is 1. The van der Waals surface area contributed by atoms with E-state index in [-0.39, 0.29) is 24.4 Å². The van der Waals surface area contributed by atoms with Crippen molar-refractivity contribution >= 4 is 0 Å². The number of nitrogens with one attached hydrogen (secondary N) is 1. The highest BCUT2D eigenvalue weighted by Crippen LogP contribution is 2.20. The maximum atomic E-state index is 9.26. The maximum absolute atomic E-state index is 9.26. The first-order valence-electron chi connectivity index (χ1n) is 6.21. The van der Waals surface area contributed by atoms with Crippen molar-refractivity contribution in [3.63, 3.8) is 0 Å². The van der Waals surface area contributed by atoms with E-state index in [0.717, 1.165) is 26.2 Å². The van der Waals surface area contributed by atoms with E-state index in [9.17, 15) is 5.11 Å². The van der Waals surface area contributed by atoms with Gasteiger partial charge in [0.25, 0.3) is 0 Å². The first-order chi connectivity index (χ1) is 7.46. The lowest BCUT2D eigenvalue weighted by Gasteiger charge is -2.42. The lowest BCUT2D eigenvalue weighted by atomic mass is 10.0. The molecule has 96 valence electrons. The molecular formula is C12H26N2O2. The summed E-state index contributed by atoms with van der Waals surface area (Å²) in [7, 11) is 0. The van der Waals surface area contributed by atoms with Crippen molar-refractivity contribution < 1.29 is 9.84 Å². The van der Waals surface area contributed by atoms with Crippen molar-refractivity contribution in [1.29, 1.82) is 0 Å². The van der Waals surface area contributed by atoms with Crippen LogP contribution in [0, 0.1) is 0 Å². The van der Waals surface area contributed by atoms with Gasteiger partial charge in [0.1, 0.15) is 0 Å². The molecule has 0 spiro atoms. The van der Waals surface area contributed by atoms with Crippen LogP contribution in [-0.4, -0.2) is 60.5 Å². The van der Waals surface area contributed by atoms with Crippen LogP contribution in [0.2, 0.25) is 0 Å². The monoisotopic (exact) mass is 230 g/mol. The molecule has 16 heavy (non-hydrogen) atoms. The predicted octanol–water partition coefficient (Wildman–Crippen LogP) is 0.456. The average Bonchev–Trinajstić information content (AvgIpc) is 2.13. The van der Waals surface area contributed by atoms with Crippen LogP contribution in [0.3, 0.4) is 0 Å². The van der Waals surface area contributed by atoms with Gasteiger partial charge in [0.2, 0.25) is 0 Å². The lowest BCUT2D eigenvalue weighted by molar-refractivity contribution is -0.130. The van der Waals surface area contributed by atoms with Gasteiger partial charge in [0, 0.05) is 25.7 Å². The largest absolute Gasteiger partial charge is 0.395 e. The highest BCUT2D eigenvalue weighted by Gasteiger charge is 2.31. The second-order valence-electron chi connectivity index (χ2n) is 5.32. The molecule has 2 atom stereocenters. The molecule has 4 heteroatoms. The molecule has 1 saturated heterocycles. The summed E-state index contributed by atoms with van der Waals surface area (Å²) in [6.07, 6.45) is 0.268. The van der Waals surface area contributed by atoms with Crippen LogP contribution in [-0.2, 0) is 4.74 Å². The van der Waals surface area contributed by atoms with Gasteiger partial charge in [-0.3, -0.25) is 4.90 Å². The van der Waals surface area contributed by atoms with Crippen LogP contribution in [0.4, 0.5) is 0 Å². The van der Waals surface area contributed by atoms with Crippen LogP contribution in [0.15, 0.2) is 0 Å². The first kappa shape index (κ1) is 13.9. The average molecular weight is 230 g/mol. The third kappa shape index (κ3) is 4.37. The van der Waals surface area contributed by atoms with E-state index in [2.05, 4.69) is 37.9 Å². The Hall–Kier alpha value is -0.160. The van der Waals surface area contributed by atoms with Gasteiger partial charge in [-0.05, 0) is 27.3 Å². The molecular weight excluding hydrogens is 204 g/mol. The molecule has 2 unspecified atom stereocenters. The zero-order valence-corrected chi connectivity index (χ0v) is 11.0. The van der Waals surface area contributed by atoms with Crippen LogP contribution < -0.4 is 5.32 Å². The quantitative estimate of drug-likeness (QED) is 0.720. The molecule has 0 aliphatic carbocycles. The summed E-state index contributed by atoms with van der Waals surface area (Å²) in [6.45, 7) is 12.3. The third-order valence-corrected chi connectivity index (χ3v) is 2.83. The minimum Gasteiger partial charge on any atom is -0.395 e. The van der Waals surface area contributed by atoms with E-state index < -0.39 is 0 Å². The maximum Gasteiger partial charge on any atom is 0.0757 e. The van der Waals surface area contributed by atoms with Gasteiger partial charge in [-0.1, -0.05) is 6.92 Å². The van der Waals surface area contributed by atoms with E-state index in [0.29, 0.717) is 0 Å². The molecule has 1 aliphatic rings. The SMILES string of the molecule is CCNC(CO)CN1CC(C)OC(C)(C)C1. The van der Waals surface area contributed by atoms with Crippen molar-refractivity contribution in [3.05, 3.63) is 0 Å². The number of nitrogens with zero attached hydrogens (tertiary/aromatic N) is 1. The Bertz CT molecular complexity index is 209. The first-order valence-corrected chi connectivity index (χ1v) is 6.21. The standard InChI is InChI=1S/C12H26N2O2/c1-5-13-11(8-15)7-14-6-10(2)16-12(3,4)9-14/h10-11,13,15H,5-9H2,1-4H3. The molecule has 0 aromatic carbocycles.